The number of rotatable bonds is 7. The van der Waals surface area contributed by atoms with Crippen molar-refractivity contribution >= 4 is 58.1 Å². The normalized spacial score (nSPS) is 15.1. The summed E-state index contributed by atoms with van der Waals surface area (Å²) < 4.78 is 5.33. The van der Waals surface area contributed by atoms with E-state index >= 15 is 0 Å². The molecule has 5 rings (SSSR count). The Hall–Kier alpha value is -3.53. The van der Waals surface area contributed by atoms with Crippen LogP contribution < -0.4 is 10.2 Å². The van der Waals surface area contributed by atoms with Crippen LogP contribution in [0.25, 0.3) is 0 Å². The van der Waals surface area contributed by atoms with Gasteiger partial charge in [0.15, 0.2) is 0 Å². The van der Waals surface area contributed by atoms with Gasteiger partial charge in [-0.1, -0.05) is 30.3 Å². The van der Waals surface area contributed by atoms with Gasteiger partial charge in [0.1, 0.15) is 5.00 Å². The van der Waals surface area contributed by atoms with E-state index in [-0.39, 0.29) is 49.6 Å². The maximum Gasteiger partial charge on any atom is 0.341 e. The summed E-state index contributed by atoms with van der Waals surface area (Å²) in [6.07, 6.45) is 1.09. The highest BCUT2D eigenvalue weighted by Gasteiger charge is 2.31. The Morgan fingerprint density at radius 3 is 2.32 bits per heavy atom. The van der Waals surface area contributed by atoms with E-state index in [1.807, 2.05) is 18.2 Å². The minimum absolute atomic E-state index is 0. The number of carbonyl (C=O) groups is 4. The number of halogens is 1. The zero-order valence-electron chi connectivity index (χ0n) is 20.9. The number of carbonyl (C=O) groups excluding carboxylic acids is 4. The molecule has 3 amide bonds. The van der Waals surface area contributed by atoms with Crippen LogP contribution in [0.2, 0.25) is 0 Å². The number of esters is 1. The molecule has 0 aliphatic carbocycles. The molecular formula is C28H28ClN3O5S. The predicted molar refractivity (Wildman–Crippen MR) is 148 cm³/mol. The Morgan fingerprint density at radius 1 is 0.974 bits per heavy atom. The Balaban J connectivity index is 0.00000336. The number of hydrogen-bond acceptors (Lipinski definition) is 7. The number of anilines is 2. The number of thiophene rings is 1. The summed E-state index contributed by atoms with van der Waals surface area (Å²) in [6.45, 7) is 4.29. The second-order valence-corrected chi connectivity index (χ2v) is 10.1. The van der Waals surface area contributed by atoms with Crippen molar-refractivity contribution in [2.75, 3.05) is 23.4 Å². The molecule has 1 saturated heterocycles. The number of fused-ring (bicyclic) bond motifs is 1. The minimum Gasteiger partial charge on any atom is -0.462 e. The maximum atomic E-state index is 13.1. The summed E-state index contributed by atoms with van der Waals surface area (Å²) in [4.78, 5) is 54.5. The molecule has 3 aromatic rings. The van der Waals surface area contributed by atoms with Crippen LogP contribution in [-0.4, -0.2) is 41.7 Å². The zero-order valence-corrected chi connectivity index (χ0v) is 22.5. The number of benzene rings is 2. The lowest BCUT2D eigenvalue weighted by atomic mass is 10.0. The summed E-state index contributed by atoms with van der Waals surface area (Å²) >= 11 is 1.41. The number of amides is 3. The first-order valence-corrected chi connectivity index (χ1v) is 13.1. The molecule has 1 N–H and O–H groups in total. The van der Waals surface area contributed by atoms with Gasteiger partial charge in [-0.05, 0) is 48.7 Å². The zero-order chi connectivity index (χ0) is 25.9. The van der Waals surface area contributed by atoms with Crippen LogP contribution in [0.4, 0.5) is 10.7 Å². The van der Waals surface area contributed by atoms with Crippen LogP contribution >= 0.6 is 23.7 Å². The summed E-state index contributed by atoms with van der Waals surface area (Å²) in [5.41, 5.74) is 3.39. The smallest absolute Gasteiger partial charge is 0.341 e. The quantitative estimate of drug-likeness (QED) is 0.333. The number of imide groups is 1. The number of nitrogens with zero attached hydrogens (tertiary/aromatic N) is 2. The highest BCUT2D eigenvalue weighted by atomic mass is 35.5. The molecule has 8 nitrogen and oxygen atoms in total. The van der Waals surface area contributed by atoms with Crippen LogP contribution in [0.3, 0.4) is 0 Å². The average Bonchev–Trinajstić information content (AvgIpc) is 3.43. The molecule has 0 unspecified atom stereocenters. The fraction of sp³-hybridized carbons (Fsp3) is 0.286. The molecule has 0 atom stereocenters. The van der Waals surface area contributed by atoms with Crippen molar-refractivity contribution in [2.24, 2.45) is 0 Å². The molecule has 10 heteroatoms. The van der Waals surface area contributed by atoms with Crippen LogP contribution in [0.1, 0.15) is 56.5 Å². The molecular weight excluding hydrogens is 526 g/mol. The van der Waals surface area contributed by atoms with Crippen LogP contribution in [0, 0.1) is 0 Å². The average molecular weight is 554 g/mol. The maximum absolute atomic E-state index is 13.1. The van der Waals surface area contributed by atoms with E-state index in [1.54, 1.807) is 31.2 Å². The van der Waals surface area contributed by atoms with E-state index in [1.165, 1.54) is 16.9 Å². The molecule has 0 bridgehead atoms. The summed E-state index contributed by atoms with van der Waals surface area (Å²) in [5.74, 6) is -1.30. The Bertz CT molecular complexity index is 1340. The van der Waals surface area contributed by atoms with Gasteiger partial charge in [-0.15, -0.1) is 23.7 Å². The molecule has 1 aromatic heterocycles. The monoisotopic (exact) mass is 553 g/mol. The van der Waals surface area contributed by atoms with Gasteiger partial charge >= 0.3 is 5.97 Å². The summed E-state index contributed by atoms with van der Waals surface area (Å²) in [5, 5.41) is 3.38. The Morgan fingerprint density at radius 2 is 1.66 bits per heavy atom. The molecule has 2 aliphatic rings. The van der Waals surface area contributed by atoms with Gasteiger partial charge in [-0.2, -0.15) is 0 Å². The number of hydrogen-bond donors (Lipinski definition) is 1. The van der Waals surface area contributed by atoms with Gasteiger partial charge in [0.05, 0.1) is 17.9 Å². The molecule has 0 radical (unpaired) electrons. The predicted octanol–water partition coefficient (Wildman–Crippen LogP) is 4.81. The van der Waals surface area contributed by atoms with E-state index in [2.05, 4.69) is 22.3 Å². The van der Waals surface area contributed by atoms with E-state index in [4.69, 9.17) is 4.74 Å². The lowest BCUT2D eigenvalue weighted by molar-refractivity contribution is -0.121. The molecule has 0 spiro atoms. The van der Waals surface area contributed by atoms with Gasteiger partial charge in [-0.3, -0.25) is 24.2 Å². The standard InChI is InChI=1S/C28H27N3O5S.ClH/c1-2-36-28(35)25-21-14-15-30(16-18-6-4-3-5-7-18)17-22(21)37-27(25)29-26(34)19-8-10-20(11-9-19)31-23(32)12-13-24(31)33;/h3-11H,2,12-17H2,1H3,(H,29,34);1H. The highest BCUT2D eigenvalue weighted by molar-refractivity contribution is 7.17. The molecule has 38 heavy (non-hydrogen) atoms. The topological polar surface area (TPSA) is 96.0 Å². The fourth-order valence-corrected chi connectivity index (χ4v) is 6.02. The Labute approximate surface area is 231 Å². The van der Waals surface area contributed by atoms with Gasteiger partial charge in [0.2, 0.25) is 11.8 Å². The second-order valence-electron chi connectivity index (χ2n) is 9.00. The third-order valence-corrected chi connectivity index (χ3v) is 7.66. The van der Waals surface area contributed by atoms with Gasteiger partial charge in [-0.25, -0.2) is 4.79 Å². The van der Waals surface area contributed by atoms with E-state index < -0.39 is 5.97 Å². The molecule has 198 valence electrons. The van der Waals surface area contributed by atoms with Crippen LogP contribution in [-0.2, 0) is 33.8 Å². The molecule has 0 saturated carbocycles. The van der Waals surface area contributed by atoms with E-state index in [9.17, 15) is 19.2 Å². The first-order chi connectivity index (χ1) is 17.9. The van der Waals surface area contributed by atoms with Gasteiger partial charge in [0, 0.05) is 42.9 Å². The van der Waals surface area contributed by atoms with Crippen molar-refractivity contribution in [3.8, 4) is 0 Å². The molecule has 3 heterocycles. The van der Waals surface area contributed by atoms with E-state index in [0.717, 1.165) is 28.4 Å². The Kier molecular flexibility index (Phi) is 8.61. The van der Waals surface area contributed by atoms with Crippen molar-refractivity contribution in [3.05, 3.63) is 81.7 Å². The second kappa shape index (κ2) is 11.9. The van der Waals surface area contributed by atoms with Crippen LogP contribution in [0.15, 0.2) is 54.6 Å². The van der Waals surface area contributed by atoms with E-state index in [0.29, 0.717) is 34.8 Å². The highest BCUT2D eigenvalue weighted by Crippen LogP contribution is 2.38. The molecule has 2 aliphatic heterocycles. The van der Waals surface area contributed by atoms with Crippen molar-refractivity contribution in [1.29, 1.82) is 0 Å². The van der Waals surface area contributed by atoms with Crippen molar-refractivity contribution < 1.29 is 23.9 Å². The number of ether oxygens (including phenoxy) is 1. The first kappa shape index (κ1) is 27.5. The van der Waals surface area contributed by atoms with Crippen molar-refractivity contribution in [3.63, 3.8) is 0 Å². The third kappa shape index (κ3) is 5.65. The summed E-state index contributed by atoms with van der Waals surface area (Å²) in [6, 6.07) is 16.6. The minimum atomic E-state index is -0.437. The van der Waals surface area contributed by atoms with Crippen LogP contribution in [0.5, 0.6) is 0 Å². The third-order valence-electron chi connectivity index (χ3n) is 6.53. The summed E-state index contributed by atoms with van der Waals surface area (Å²) in [7, 11) is 0. The largest absolute Gasteiger partial charge is 0.462 e. The fourth-order valence-electron chi connectivity index (χ4n) is 4.74. The lowest BCUT2D eigenvalue weighted by Crippen LogP contribution is -2.30. The first-order valence-electron chi connectivity index (χ1n) is 12.3. The van der Waals surface area contributed by atoms with Gasteiger partial charge < -0.3 is 10.1 Å². The van der Waals surface area contributed by atoms with Crippen molar-refractivity contribution in [1.82, 2.24) is 4.90 Å². The lowest BCUT2D eigenvalue weighted by Gasteiger charge is -2.27. The molecule has 2 aromatic carbocycles. The van der Waals surface area contributed by atoms with Gasteiger partial charge in [0.25, 0.3) is 5.91 Å². The SMILES string of the molecule is CCOC(=O)c1c(NC(=O)c2ccc(N3C(=O)CCC3=O)cc2)sc2c1CCN(Cc1ccccc1)C2.Cl. The number of nitrogens with one attached hydrogen (secondary N) is 1. The van der Waals surface area contributed by atoms with Crippen molar-refractivity contribution in [2.45, 2.75) is 39.3 Å². The molecule has 1 fully saturated rings.